The molecule has 0 radical (unpaired) electrons. The number of esters is 2. The Labute approximate surface area is 89.8 Å². The molecule has 0 unspecified atom stereocenters. The Morgan fingerprint density at radius 3 is 1.81 bits per heavy atom. The van der Waals surface area contributed by atoms with E-state index in [9.17, 15) is 18.4 Å². The van der Waals surface area contributed by atoms with Crippen molar-refractivity contribution in [2.75, 3.05) is 14.2 Å². The SMILES string of the molecule is COC(=O)c1cc(F)c(C(=O)OC)c(F)c1. The zero-order valence-electron chi connectivity index (χ0n) is 8.54. The first-order valence-electron chi connectivity index (χ1n) is 4.17. The molecule has 0 N–H and O–H groups in total. The van der Waals surface area contributed by atoms with Crippen LogP contribution in [0.3, 0.4) is 0 Å². The van der Waals surface area contributed by atoms with Crippen molar-refractivity contribution in [3.8, 4) is 0 Å². The molecule has 1 rings (SSSR count). The van der Waals surface area contributed by atoms with Gasteiger partial charge in [-0.3, -0.25) is 0 Å². The molecule has 0 aliphatic heterocycles. The van der Waals surface area contributed by atoms with Gasteiger partial charge in [-0.15, -0.1) is 0 Å². The minimum Gasteiger partial charge on any atom is -0.465 e. The van der Waals surface area contributed by atoms with Crippen molar-refractivity contribution in [2.24, 2.45) is 0 Å². The standard InChI is InChI=1S/C10H8F2O4/c1-15-9(13)5-3-6(11)8(7(12)4-5)10(14)16-2/h3-4H,1-2H3. The maximum absolute atomic E-state index is 13.3. The lowest BCUT2D eigenvalue weighted by atomic mass is 10.1. The topological polar surface area (TPSA) is 52.6 Å². The Morgan fingerprint density at radius 1 is 1.00 bits per heavy atom. The van der Waals surface area contributed by atoms with Crippen LogP contribution < -0.4 is 0 Å². The molecule has 1 aromatic carbocycles. The number of ether oxygens (including phenoxy) is 2. The number of halogens is 2. The van der Waals surface area contributed by atoms with Gasteiger partial charge in [0, 0.05) is 0 Å². The first-order chi connectivity index (χ1) is 7.51. The maximum Gasteiger partial charge on any atom is 0.343 e. The van der Waals surface area contributed by atoms with E-state index in [4.69, 9.17) is 0 Å². The highest BCUT2D eigenvalue weighted by Crippen LogP contribution is 2.17. The smallest absolute Gasteiger partial charge is 0.343 e. The third kappa shape index (κ3) is 2.16. The van der Waals surface area contributed by atoms with Crippen LogP contribution in [0.2, 0.25) is 0 Å². The molecule has 6 heteroatoms. The van der Waals surface area contributed by atoms with Gasteiger partial charge < -0.3 is 9.47 Å². The van der Waals surface area contributed by atoms with Gasteiger partial charge in [-0.1, -0.05) is 0 Å². The van der Waals surface area contributed by atoms with Crippen LogP contribution in [0.4, 0.5) is 8.78 Å². The van der Waals surface area contributed by atoms with E-state index in [1.54, 1.807) is 0 Å². The zero-order chi connectivity index (χ0) is 12.3. The third-order valence-electron chi connectivity index (χ3n) is 1.85. The van der Waals surface area contributed by atoms with Crippen molar-refractivity contribution in [1.29, 1.82) is 0 Å². The summed E-state index contributed by atoms with van der Waals surface area (Å²) in [5, 5.41) is 0. The van der Waals surface area contributed by atoms with E-state index in [0.717, 1.165) is 14.2 Å². The molecule has 0 aliphatic rings. The van der Waals surface area contributed by atoms with Crippen LogP contribution in [0, 0.1) is 11.6 Å². The van der Waals surface area contributed by atoms with Crippen molar-refractivity contribution >= 4 is 11.9 Å². The van der Waals surface area contributed by atoms with E-state index in [2.05, 4.69) is 9.47 Å². The van der Waals surface area contributed by atoms with Crippen LogP contribution >= 0.6 is 0 Å². The Balaban J connectivity index is 3.28. The normalized spacial score (nSPS) is 9.75. The Bertz CT molecular complexity index is 419. The Kier molecular flexibility index (Phi) is 3.55. The quantitative estimate of drug-likeness (QED) is 0.723. The molecule has 0 aliphatic carbocycles. The summed E-state index contributed by atoms with van der Waals surface area (Å²) in [4.78, 5) is 22.0. The fourth-order valence-electron chi connectivity index (χ4n) is 1.11. The van der Waals surface area contributed by atoms with Gasteiger partial charge in [0.2, 0.25) is 0 Å². The molecule has 0 atom stereocenters. The molecule has 0 amide bonds. The van der Waals surface area contributed by atoms with Crippen molar-refractivity contribution < 1.29 is 27.8 Å². The van der Waals surface area contributed by atoms with E-state index in [1.807, 2.05) is 0 Å². The van der Waals surface area contributed by atoms with E-state index in [-0.39, 0.29) is 5.56 Å². The predicted octanol–water partition coefficient (Wildman–Crippen LogP) is 1.54. The number of hydrogen-bond acceptors (Lipinski definition) is 4. The van der Waals surface area contributed by atoms with Crippen LogP contribution in [0.1, 0.15) is 20.7 Å². The minimum absolute atomic E-state index is 0.315. The van der Waals surface area contributed by atoms with Crippen LogP contribution in [0.25, 0.3) is 0 Å². The summed E-state index contributed by atoms with van der Waals surface area (Å²) in [5.41, 5.74) is -1.15. The first-order valence-corrected chi connectivity index (χ1v) is 4.17. The molecular weight excluding hydrogens is 222 g/mol. The van der Waals surface area contributed by atoms with Gasteiger partial charge >= 0.3 is 11.9 Å². The molecule has 86 valence electrons. The number of rotatable bonds is 2. The highest BCUT2D eigenvalue weighted by atomic mass is 19.1. The number of carbonyl (C=O) groups is 2. The fraction of sp³-hybridized carbons (Fsp3) is 0.200. The van der Waals surface area contributed by atoms with Gasteiger partial charge in [0.1, 0.15) is 17.2 Å². The van der Waals surface area contributed by atoms with Crippen molar-refractivity contribution in [3.63, 3.8) is 0 Å². The number of carbonyl (C=O) groups excluding carboxylic acids is 2. The zero-order valence-corrected chi connectivity index (χ0v) is 8.54. The van der Waals surface area contributed by atoms with E-state index in [1.165, 1.54) is 0 Å². The third-order valence-corrected chi connectivity index (χ3v) is 1.85. The van der Waals surface area contributed by atoms with E-state index in [0.29, 0.717) is 12.1 Å². The second-order valence-electron chi connectivity index (χ2n) is 2.80. The summed E-state index contributed by atoms with van der Waals surface area (Å²) >= 11 is 0. The Hall–Kier alpha value is -1.98. The average Bonchev–Trinajstić information content (AvgIpc) is 2.26. The van der Waals surface area contributed by atoms with Crippen molar-refractivity contribution in [2.45, 2.75) is 0 Å². The maximum atomic E-state index is 13.3. The van der Waals surface area contributed by atoms with Gasteiger partial charge in [-0.05, 0) is 12.1 Å². The lowest BCUT2D eigenvalue weighted by Gasteiger charge is -2.05. The van der Waals surface area contributed by atoms with Crippen LogP contribution in [0.15, 0.2) is 12.1 Å². The molecule has 0 bridgehead atoms. The number of hydrogen-bond donors (Lipinski definition) is 0. The van der Waals surface area contributed by atoms with Crippen LogP contribution in [-0.2, 0) is 9.47 Å². The van der Waals surface area contributed by atoms with Gasteiger partial charge in [0.15, 0.2) is 0 Å². The largest absolute Gasteiger partial charge is 0.465 e. The molecule has 0 saturated carbocycles. The summed E-state index contributed by atoms with van der Waals surface area (Å²) in [7, 11) is 2.07. The molecule has 0 saturated heterocycles. The van der Waals surface area contributed by atoms with Crippen molar-refractivity contribution in [3.05, 3.63) is 34.9 Å². The molecule has 4 nitrogen and oxygen atoms in total. The van der Waals surface area contributed by atoms with Gasteiger partial charge in [0.25, 0.3) is 0 Å². The number of benzene rings is 1. The fourth-order valence-corrected chi connectivity index (χ4v) is 1.11. The highest BCUT2D eigenvalue weighted by Gasteiger charge is 2.21. The average molecular weight is 230 g/mol. The minimum atomic E-state index is -1.17. The summed E-state index contributed by atoms with van der Waals surface area (Å²) in [6.07, 6.45) is 0. The Morgan fingerprint density at radius 2 is 1.44 bits per heavy atom. The summed E-state index contributed by atoms with van der Waals surface area (Å²) in [6.45, 7) is 0. The predicted molar refractivity (Wildman–Crippen MR) is 49.0 cm³/mol. The second-order valence-corrected chi connectivity index (χ2v) is 2.80. The summed E-state index contributed by atoms with van der Waals surface area (Å²) in [6, 6.07) is 1.42. The first kappa shape index (κ1) is 12.1. The summed E-state index contributed by atoms with van der Waals surface area (Å²) in [5.74, 6) is -4.39. The molecule has 0 heterocycles. The molecule has 0 fully saturated rings. The van der Waals surface area contributed by atoms with Gasteiger partial charge in [0.05, 0.1) is 19.8 Å². The molecule has 0 spiro atoms. The lowest BCUT2D eigenvalue weighted by molar-refractivity contribution is 0.0576. The van der Waals surface area contributed by atoms with Crippen LogP contribution in [-0.4, -0.2) is 26.2 Å². The van der Waals surface area contributed by atoms with Crippen LogP contribution in [0.5, 0.6) is 0 Å². The second kappa shape index (κ2) is 4.69. The van der Waals surface area contributed by atoms with Gasteiger partial charge in [-0.2, -0.15) is 0 Å². The summed E-state index contributed by atoms with van der Waals surface area (Å²) < 4.78 is 35.1. The molecule has 16 heavy (non-hydrogen) atoms. The molecule has 1 aromatic rings. The van der Waals surface area contributed by atoms with E-state index < -0.39 is 29.1 Å². The van der Waals surface area contributed by atoms with Gasteiger partial charge in [-0.25, -0.2) is 18.4 Å². The number of methoxy groups -OCH3 is 2. The lowest BCUT2D eigenvalue weighted by Crippen LogP contribution is -2.11. The van der Waals surface area contributed by atoms with E-state index >= 15 is 0 Å². The monoisotopic (exact) mass is 230 g/mol. The molecular formula is C10H8F2O4. The molecule has 0 aromatic heterocycles. The highest BCUT2D eigenvalue weighted by molar-refractivity contribution is 5.93. The van der Waals surface area contributed by atoms with Crippen molar-refractivity contribution in [1.82, 2.24) is 0 Å².